The van der Waals surface area contributed by atoms with Gasteiger partial charge in [0.05, 0.1) is 18.2 Å². The average molecular weight is 340 g/mol. The Kier molecular flexibility index (Phi) is 3.88. The van der Waals surface area contributed by atoms with Crippen molar-refractivity contribution < 1.29 is 17.9 Å². The van der Waals surface area contributed by atoms with Crippen molar-refractivity contribution in [3.63, 3.8) is 0 Å². The molecule has 9 heteroatoms. The van der Waals surface area contributed by atoms with Crippen LogP contribution in [-0.2, 0) is 6.18 Å². The summed E-state index contributed by atoms with van der Waals surface area (Å²) in [7, 11) is 1.31. The average Bonchev–Trinajstić information content (AvgIpc) is 3.02. The van der Waals surface area contributed by atoms with Crippen LogP contribution in [0, 0.1) is 0 Å². The molecule has 1 aromatic carbocycles. The maximum atomic E-state index is 12.8. The van der Waals surface area contributed by atoms with Crippen LogP contribution in [0.3, 0.4) is 0 Å². The molecule has 0 amide bonds. The zero-order chi connectivity index (χ0) is 16.6. The Balaban J connectivity index is 2.21. The molecule has 2 aromatic heterocycles. The van der Waals surface area contributed by atoms with E-state index in [0.717, 1.165) is 12.1 Å². The summed E-state index contributed by atoms with van der Waals surface area (Å²) in [5.74, 6) is 0.432. The van der Waals surface area contributed by atoms with Crippen LogP contribution >= 0.6 is 11.8 Å². The zero-order valence-corrected chi connectivity index (χ0v) is 12.9. The molecule has 2 heterocycles. The highest BCUT2D eigenvalue weighted by Gasteiger charge is 2.31. The highest BCUT2D eigenvalue weighted by molar-refractivity contribution is 7.98. The molecular formula is C14H11F3N4OS. The van der Waals surface area contributed by atoms with E-state index in [4.69, 9.17) is 4.74 Å². The van der Waals surface area contributed by atoms with Gasteiger partial charge in [-0.25, -0.2) is 4.98 Å². The number of benzene rings is 1. The van der Waals surface area contributed by atoms with Gasteiger partial charge in [-0.05, 0) is 24.5 Å². The predicted octanol–water partition coefficient (Wildman–Crippen LogP) is 3.54. The molecule has 0 spiro atoms. The molecule has 0 aliphatic heterocycles. The fourth-order valence-corrected chi connectivity index (χ4v) is 2.64. The van der Waals surface area contributed by atoms with Gasteiger partial charge in [-0.3, -0.25) is 4.40 Å². The van der Waals surface area contributed by atoms with Crippen LogP contribution in [-0.4, -0.2) is 32.9 Å². The summed E-state index contributed by atoms with van der Waals surface area (Å²) in [6.45, 7) is 0. The quantitative estimate of drug-likeness (QED) is 0.683. The number of alkyl halides is 3. The number of imidazole rings is 1. The molecular weight excluding hydrogens is 329 g/mol. The van der Waals surface area contributed by atoms with Gasteiger partial charge in [0.25, 0.3) is 0 Å². The number of aromatic nitrogens is 4. The van der Waals surface area contributed by atoms with E-state index in [1.165, 1.54) is 24.9 Å². The molecule has 120 valence electrons. The Labute approximate surface area is 133 Å². The van der Waals surface area contributed by atoms with Crippen molar-refractivity contribution in [2.24, 2.45) is 0 Å². The number of hydrogen-bond acceptors (Lipinski definition) is 5. The lowest BCUT2D eigenvalue weighted by molar-refractivity contribution is -0.137. The molecule has 0 bridgehead atoms. The third-order valence-electron chi connectivity index (χ3n) is 3.26. The number of methoxy groups -OCH3 is 1. The SMILES string of the molecule is COc1cc(C(F)(F)F)ccc1-c1nnc(SC)c2nccn12. The van der Waals surface area contributed by atoms with E-state index in [1.807, 2.05) is 6.26 Å². The van der Waals surface area contributed by atoms with Gasteiger partial charge in [-0.1, -0.05) is 0 Å². The molecule has 3 aromatic rings. The minimum atomic E-state index is -4.44. The molecule has 0 atom stereocenters. The first-order valence-corrected chi connectivity index (χ1v) is 7.67. The van der Waals surface area contributed by atoms with Crippen molar-refractivity contribution in [1.82, 2.24) is 19.6 Å². The van der Waals surface area contributed by atoms with Crippen LogP contribution in [0.1, 0.15) is 5.56 Å². The molecule has 0 saturated carbocycles. The lowest BCUT2D eigenvalue weighted by Crippen LogP contribution is -2.06. The minimum Gasteiger partial charge on any atom is -0.496 e. The number of nitrogens with zero attached hydrogens (tertiary/aromatic N) is 4. The second-order valence-electron chi connectivity index (χ2n) is 4.57. The van der Waals surface area contributed by atoms with Gasteiger partial charge in [0, 0.05) is 12.4 Å². The largest absolute Gasteiger partial charge is 0.496 e. The number of fused-ring (bicyclic) bond motifs is 1. The maximum absolute atomic E-state index is 12.8. The van der Waals surface area contributed by atoms with Gasteiger partial charge in [0.2, 0.25) is 0 Å². The first-order chi connectivity index (χ1) is 11.0. The first-order valence-electron chi connectivity index (χ1n) is 6.45. The van der Waals surface area contributed by atoms with E-state index in [2.05, 4.69) is 15.2 Å². The fourth-order valence-electron chi connectivity index (χ4n) is 2.19. The van der Waals surface area contributed by atoms with Gasteiger partial charge in [-0.15, -0.1) is 22.0 Å². The van der Waals surface area contributed by atoms with Crippen LogP contribution in [0.5, 0.6) is 5.75 Å². The van der Waals surface area contributed by atoms with E-state index in [9.17, 15) is 13.2 Å². The van der Waals surface area contributed by atoms with Gasteiger partial charge in [0.15, 0.2) is 16.5 Å². The molecule has 0 radical (unpaired) electrons. The number of halogens is 3. The highest BCUT2D eigenvalue weighted by atomic mass is 32.2. The van der Waals surface area contributed by atoms with Crippen LogP contribution in [0.4, 0.5) is 13.2 Å². The summed E-state index contributed by atoms with van der Waals surface area (Å²) in [5.41, 5.74) is 0.210. The smallest absolute Gasteiger partial charge is 0.416 e. The van der Waals surface area contributed by atoms with Crippen LogP contribution in [0.2, 0.25) is 0 Å². The minimum absolute atomic E-state index is 0.0704. The maximum Gasteiger partial charge on any atom is 0.416 e. The molecule has 0 saturated heterocycles. The van der Waals surface area contributed by atoms with Gasteiger partial charge in [0.1, 0.15) is 5.75 Å². The summed E-state index contributed by atoms with van der Waals surface area (Å²) in [5, 5.41) is 8.81. The van der Waals surface area contributed by atoms with Crippen LogP contribution in [0.15, 0.2) is 35.6 Å². The van der Waals surface area contributed by atoms with Crippen molar-refractivity contribution in [1.29, 1.82) is 0 Å². The van der Waals surface area contributed by atoms with Crippen LogP contribution < -0.4 is 4.74 Å². The molecule has 0 fully saturated rings. The normalized spacial score (nSPS) is 11.9. The van der Waals surface area contributed by atoms with E-state index in [-0.39, 0.29) is 5.75 Å². The number of hydrogen-bond donors (Lipinski definition) is 0. The van der Waals surface area contributed by atoms with Crippen molar-refractivity contribution in [3.05, 3.63) is 36.2 Å². The number of thioether (sulfide) groups is 1. The lowest BCUT2D eigenvalue weighted by atomic mass is 10.1. The van der Waals surface area contributed by atoms with Crippen LogP contribution in [0.25, 0.3) is 17.0 Å². The Hall–Kier alpha value is -2.29. The summed E-state index contributed by atoms with van der Waals surface area (Å²) in [4.78, 5) is 4.21. The second kappa shape index (κ2) is 5.73. The van der Waals surface area contributed by atoms with Crippen molar-refractivity contribution in [2.75, 3.05) is 13.4 Å². The van der Waals surface area contributed by atoms with Crippen molar-refractivity contribution >= 4 is 17.4 Å². The summed E-state index contributed by atoms with van der Waals surface area (Å²) in [6, 6.07) is 3.26. The van der Waals surface area contributed by atoms with E-state index >= 15 is 0 Å². The summed E-state index contributed by atoms with van der Waals surface area (Å²) < 4.78 is 45.3. The van der Waals surface area contributed by atoms with E-state index < -0.39 is 11.7 Å². The topological polar surface area (TPSA) is 52.3 Å². The van der Waals surface area contributed by atoms with Gasteiger partial charge in [-0.2, -0.15) is 13.2 Å². The third-order valence-corrected chi connectivity index (χ3v) is 3.91. The lowest BCUT2D eigenvalue weighted by Gasteiger charge is -2.13. The van der Waals surface area contributed by atoms with E-state index in [0.29, 0.717) is 22.1 Å². The van der Waals surface area contributed by atoms with Gasteiger partial charge < -0.3 is 4.74 Å². The molecule has 3 rings (SSSR count). The molecule has 0 unspecified atom stereocenters. The first kappa shape index (κ1) is 15.6. The Bertz CT molecular complexity index is 863. The molecule has 5 nitrogen and oxygen atoms in total. The summed E-state index contributed by atoms with van der Waals surface area (Å²) >= 11 is 1.39. The molecule has 23 heavy (non-hydrogen) atoms. The Morgan fingerprint density at radius 3 is 2.65 bits per heavy atom. The number of rotatable bonds is 3. The monoisotopic (exact) mass is 340 g/mol. The number of ether oxygens (including phenoxy) is 1. The van der Waals surface area contributed by atoms with Gasteiger partial charge >= 0.3 is 6.18 Å². The summed E-state index contributed by atoms with van der Waals surface area (Å²) in [6.07, 6.45) is 0.663. The second-order valence-corrected chi connectivity index (χ2v) is 5.36. The van der Waals surface area contributed by atoms with E-state index in [1.54, 1.807) is 16.8 Å². The van der Waals surface area contributed by atoms with Crippen molar-refractivity contribution in [2.45, 2.75) is 11.2 Å². The molecule has 0 aliphatic rings. The molecule has 0 aliphatic carbocycles. The van der Waals surface area contributed by atoms with Crippen molar-refractivity contribution in [3.8, 4) is 17.1 Å². The Morgan fingerprint density at radius 1 is 1.22 bits per heavy atom. The zero-order valence-electron chi connectivity index (χ0n) is 12.1. The fraction of sp³-hybridized carbons (Fsp3) is 0.214. The third kappa shape index (κ3) is 2.72. The standard InChI is InChI=1S/C14H11F3N4OS/c1-22-10-7-8(14(15,16)17)3-4-9(10)11-19-20-13(23-2)12-18-5-6-21(11)12/h3-7H,1-2H3. The molecule has 0 N–H and O–H groups in total. The highest BCUT2D eigenvalue weighted by Crippen LogP contribution is 2.36. The Morgan fingerprint density at radius 2 is 2.00 bits per heavy atom. The predicted molar refractivity (Wildman–Crippen MR) is 79.6 cm³/mol.